The van der Waals surface area contributed by atoms with E-state index in [9.17, 15) is 5.11 Å². The molecule has 2 bridgehead atoms. The van der Waals surface area contributed by atoms with E-state index >= 15 is 0 Å². The zero-order valence-electron chi connectivity index (χ0n) is 15.2. The molecule has 1 saturated heterocycles. The van der Waals surface area contributed by atoms with Gasteiger partial charge in [-0.15, -0.1) is 12.4 Å². The highest BCUT2D eigenvalue weighted by Gasteiger charge is 2.43. The van der Waals surface area contributed by atoms with E-state index in [1.165, 1.54) is 43.2 Å². The van der Waals surface area contributed by atoms with Crippen molar-refractivity contribution < 1.29 is 5.11 Å². The molecule has 2 atom stereocenters. The Morgan fingerprint density at radius 1 is 1.08 bits per heavy atom. The highest BCUT2D eigenvalue weighted by Crippen LogP contribution is 2.47. The fourth-order valence-electron chi connectivity index (χ4n) is 4.78. The number of halogens is 1. The maximum Gasteiger partial charge on any atom is 0.115 e. The first-order valence-electron chi connectivity index (χ1n) is 9.50. The second-order valence-electron chi connectivity index (χ2n) is 7.64. The van der Waals surface area contributed by atoms with Crippen LogP contribution < -0.4 is 0 Å². The number of phenolic OH excluding ortho intramolecular Hbond substituents is 1. The van der Waals surface area contributed by atoms with Crippen LogP contribution >= 0.6 is 12.4 Å². The predicted octanol–water partition coefficient (Wildman–Crippen LogP) is 5.41. The zero-order valence-corrected chi connectivity index (χ0v) is 16.0. The van der Waals surface area contributed by atoms with Gasteiger partial charge in [0.05, 0.1) is 0 Å². The van der Waals surface area contributed by atoms with Gasteiger partial charge in [-0.1, -0.05) is 61.0 Å². The van der Waals surface area contributed by atoms with E-state index in [-0.39, 0.29) is 17.8 Å². The predicted molar refractivity (Wildman–Crippen MR) is 111 cm³/mol. The summed E-state index contributed by atoms with van der Waals surface area (Å²) < 4.78 is 0. The van der Waals surface area contributed by atoms with Gasteiger partial charge in [0.15, 0.2) is 0 Å². The summed E-state index contributed by atoms with van der Waals surface area (Å²) in [7, 11) is 0. The van der Waals surface area contributed by atoms with Gasteiger partial charge >= 0.3 is 0 Å². The molecular formula is C23H28ClNO. The number of hydrogen-bond acceptors (Lipinski definition) is 2. The smallest absolute Gasteiger partial charge is 0.115 e. The van der Waals surface area contributed by atoms with Crippen LogP contribution in [0.2, 0.25) is 0 Å². The summed E-state index contributed by atoms with van der Waals surface area (Å²) in [6.45, 7) is 2.19. The second kappa shape index (κ2) is 8.28. The van der Waals surface area contributed by atoms with Gasteiger partial charge in [-0.2, -0.15) is 0 Å². The van der Waals surface area contributed by atoms with Crippen molar-refractivity contribution in [1.82, 2.24) is 4.90 Å². The molecule has 0 amide bonds. The van der Waals surface area contributed by atoms with Gasteiger partial charge in [0.1, 0.15) is 5.75 Å². The van der Waals surface area contributed by atoms with E-state index in [0.29, 0.717) is 11.8 Å². The number of phenols is 1. The zero-order chi connectivity index (χ0) is 17.1. The number of rotatable bonds is 4. The summed E-state index contributed by atoms with van der Waals surface area (Å²) in [6, 6.07) is 19.2. The van der Waals surface area contributed by atoms with Crippen LogP contribution in [0.1, 0.15) is 43.2 Å². The molecule has 1 saturated carbocycles. The summed E-state index contributed by atoms with van der Waals surface area (Å²) in [5.41, 5.74) is 2.90. The molecule has 2 aromatic rings. The lowest BCUT2D eigenvalue weighted by molar-refractivity contribution is 0.0606. The van der Waals surface area contributed by atoms with Crippen LogP contribution in [0, 0.1) is 0 Å². The molecule has 138 valence electrons. The number of hydrogen-bond donors (Lipinski definition) is 1. The molecule has 2 fully saturated rings. The Kier molecular flexibility index (Phi) is 6.05. The van der Waals surface area contributed by atoms with Crippen molar-refractivity contribution in [3.05, 3.63) is 71.8 Å². The maximum atomic E-state index is 9.89. The van der Waals surface area contributed by atoms with E-state index in [0.717, 1.165) is 13.1 Å². The average Bonchev–Trinajstić information content (AvgIpc) is 2.65. The molecule has 0 radical (unpaired) electrons. The summed E-state index contributed by atoms with van der Waals surface area (Å²) in [5.74, 6) is 0.405. The third kappa shape index (κ3) is 3.97. The molecule has 2 nitrogen and oxygen atoms in total. The van der Waals surface area contributed by atoms with Crippen molar-refractivity contribution in [3.63, 3.8) is 0 Å². The Morgan fingerprint density at radius 2 is 1.92 bits per heavy atom. The molecule has 0 aromatic heterocycles. The SMILES string of the molecule is Cl.Oc1cccc([C@]23CCC[C@H](C2)N(C/C=C/c2ccccc2)CC3)c1. The van der Waals surface area contributed by atoms with E-state index < -0.39 is 0 Å². The fourth-order valence-corrected chi connectivity index (χ4v) is 4.78. The first-order chi connectivity index (χ1) is 12.3. The number of fused-ring (bicyclic) bond motifs is 2. The minimum atomic E-state index is 0. The van der Waals surface area contributed by atoms with Gasteiger partial charge in [0.25, 0.3) is 0 Å². The van der Waals surface area contributed by atoms with E-state index in [1.54, 1.807) is 6.07 Å². The van der Waals surface area contributed by atoms with Gasteiger partial charge in [-0.25, -0.2) is 0 Å². The lowest BCUT2D eigenvalue weighted by Crippen LogP contribution is -2.51. The van der Waals surface area contributed by atoms with Crippen LogP contribution in [0.3, 0.4) is 0 Å². The minimum Gasteiger partial charge on any atom is -0.508 e. The Hall–Kier alpha value is -1.77. The molecule has 0 spiro atoms. The Morgan fingerprint density at radius 3 is 2.73 bits per heavy atom. The third-order valence-electron chi connectivity index (χ3n) is 6.12. The van der Waals surface area contributed by atoms with Crippen molar-refractivity contribution in [2.45, 2.75) is 43.6 Å². The normalized spacial score (nSPS) is 25.8. The van der Waals surface area contributed by atoms with Gasteiger partial charge in [-0.05, 0) is 60.9 Å². The van der Waals surface area contributed by atoms with E-state index in [1.807, 2.05) is 12.1 Å². The average molecular weight is 370 g/mol. The number of piperidine rings is 1. The van der Waals surface area contributed by atoms with Gasteiger partial charge in [0, 0.05) is 12.6 Å². The number of aromatic hydroxyl groups is 1. The molecule has 4 rings (SSSR count). The standard InChI is InChI=1S/C23H27NO.ClH/c25-22-12-4-10-20(17-22)23-13-5-11-21(18-23)24(16-14-23)15-6-9-19-7-2-1-3-8-19;/h1-4,6-10,12,17,21,25H,5,11,13-16,18H2;1H/b9-6+;/t21-,23+;/m1./s1. The molecule has 2 aliphatic rings. The summed E-state index contributed by atoms with van der Waals surface area (Å²) in [5, 5.41) is 9.89. The van der Waals surface area contributed by atoms with Crippen molar-refractivity contribution in [2.24, 2.45) is 0 Å². The third-order valence-corrected chi connectivity index (χ3v) is 6.12. The highest BCUT2D eigenvalue weighted by molar-refractivity contribution is 5.85. The van der Waals surface area contributed by atoms with E-state index in [4.69, 9.17) is 0 Å². The molecule has 1 aliphatic heterocycles. The lowest BCUT2D eigenvalue weighted by atomic mass is 9.63. The minimum absolute atomic E-state index is 0. The molecule has 1 aliphatic carbocycles. The number of benzene rings is 2. The summed E-state index contributed by atoms with van der Waals surface area (Å²) in [4.78, 5) is 2.65. The van der Waals surface area contributed by atoms with Crippen molar-refractivity contribution in [1.29, 1.82) is 0 Å². The lowest BCUT2D eigenvalue weighted by Gasteiger charge is -2.50. The van der Waals surface area contributed by atoms with Crippen LogP contribution in [-0.4, -0.2) is 29.1 Å². The van der Waals surface area contributed by atoms with Gasteiger partial charge < -0.3 is 5.11 Å². The molecule has 1 N–H and O–H groups in total. The molecule has 1 heterocycles. The van der Waals surface area contributed by atoms with Gasteiger partial charge in [0.2, 0.25) is 0 Å². The topological polar surface area (TPSA) is 23.5 Å². The van der Waals surface area contributed by atoms with Crippen LogP contribution in [0.15, 0.2) is 60.7 Å². The molecule has 26 heavy (non-hydrogen) atoms. The van der Waals surface area contributed by atoms with Crippen LogP contribution in [0.4, 0.5) is 0 Å². The van der Waals surface area contributed by atoms with Gasteiger partial charge in [-0.3, -0.25) is 4.90 Å². The summed E-state index contributed by atoms with van der Waals surface area (Å²) in [6.07, 6.45) is 10.8. The first-order valence-corrected chi connectivity index (χ1v) is 9.50. The summed E-state index contributed by atoms with van der Waals surface area (Å²) >= 11 is 0. The van der Waals surface area contributed by atoms with Crippen LogP contribution in [-0.2, 0) is 5.41 Å². The molecule has 0 unspecified atom stereocenters. The number of likely N-dealkylation sites (tertiary alicyclic amines) is 1. The second-order valence-corrected chi connectivity index (χ2v) is 7.64. The Bertz CT molecular complexity index is 745. The van der Waals surface area contributed by atoms with Crippen molar-refractivity contribution in [3.8, 4) is 5.75 Å². The molecule has 3 heteroatoms. The van der Waals surface area contributed by atoms with Crippen LogP contribution in [0.25, 0.3) is 6.08 Å². The maximum absolute atomic E-state index is 9.89. The van der Waals surface area contributed by atoms with E-state index in [2.05, 4.69) is 53.5 Å². The highest BCUT2D eigenvalue weighted by atomic mass is 35.5. The molecule has 2 aromatic carbocycles. The van der Waals surface area contributed by atoms with Crippen molar-refractivity contribution >= 4 is 18.5 Å². The fraction of sp³-hybridized carbons (Fsp3) is 0.391. The van der Waals surface area contributed by atoms with Crippen LogP contribution in [0.5, 0.6) is 5.75 Å². The largest absolute Gasteiger partial charge is 0.508 e. The first kappa shape index (κ1) is 19.0. The van der Waals surface area contributed by atoms with Crippen molar-refractivity contribution in [2.75, 3.05) is 13.1 Å². The number of nitrogens with zero attached hydrogens (tertiary/aromatic N) is 1. The molecular weight excluding hydrogens is 342 g/mol. The monoisotopic (exact) mass is 369 g/mol. The Balaban J connectivity index is 0.00000196. The Labute approximate surface area is 163 Å². The quantitative estimate of drug-likeness (QED) is 0.778.